The third-order valence-corrected chi connectivity index (χ3v) is 4.00. The number of amides is 4. The number of alkyl halides is 6. The Kier molecular flexibility index (Phi) is 8.91. The van der Waals surface area contributed by atoms with Crippen LogP contribution in [-0.2, 0) is 17.1 Å². The number of anilines is 2. The molecule has 0 aliphatic heterocycles. The first-order valence-electron chi connectivity index (χ1n) is 9.47. The number of halogens is 6. The molecule has 0 fully saturated rings. The average Bonchev–Trinajstić information content (AvgIpc) is 2.72. The van der Waals surface area contributed by atoms with Gasteiger partial charge in [-0.2, -0.15) is 26.3 Å². The molecule has 4 amide bonds. The lowest BCUT2D eigenvalue weighted by molar-refractivity contribution is -0.138. The first kappa shape index (κ1) is 25.8. The zero-order valence-corrected chi connectivity index (χ0v) is 16.9. The van der Waals surface area contributed by atoms with Gasteiger partial charge in [0.05, 0.1) is 24.3 Å². The fourth-order valence-electron chi connectivity index (χ4n) is 2.41. The summed E-state index contributed by atoms with van der Waals surface area (Å²) in [7, 11) is 0. The van der Waals surface area contributed by atoms with Gasteiger partial charge in [0.1, 0.15) is 0 Å². The Morgan fingerprint density at radius 2 is 0.970 bits per heavy atom. The fourth-order valence-corrected chi connectivity index (χ4v) is 2.41. The van der Waals surface area contributed by atoms with Crippen LogP contribution < -0.4 is 21.3 Å². The number of urea groups is 2. The highest BCUT2D eigenvalue weighted by molar-refractivity contribution is 5.89. The molecule has 7 nitrogen and oxygen atoms in total. The number of ether oxygens (including phenoxy) is 1. The molecule has 0 atom stereocenters. The summed E-state index contributed by atoms with van der Waals surface area (Å²) in [6, 6.07) is 6.62. The molecule has 33 heavy (non-hydrogen) atoms. The Morgan fingerprint density at radius 3 is 1.27 bits per heavy atom. The van der Waals surface area contributed by atoms with Crippen molar-refractivity contribution in [1.29, 1.82) is 0 Å². The molecule has 0 aliphatic rings. The van der Waals surface area contributed by atoms with Crippen molar-refractivity contribution in [3.8, 4) is 0 Å². The van der Waals surface area contributed by atoms with Crippen molar-refractivity contribution >= 4 is 23.4 Å². The normalized spacial score (nSPS) is 11.6. The van der Waals surface area contributed by atoms with Crippen molar-refractivity contribution in [2.24, 2.45) is 0 Å². The van der Waals surface area contributed by atoms with Gasteiger partial charge in [-0.05, 0) is 48.5 Å². The SMILES string of the molecule is O=C(NCCOCCNC(=O)Nc1ccc(C(F)(F)F)cc1)Nc1ccc(C(F)(F)F)cc1. The summed E-state index contributed by atoms with van der Waals surface area (Å²) in [6.45, 7) is 0.402. The van der Waals surface area contributed by atoms with Crippen molar-refractivity contribution in [1.82, 2.24) is 10.6 Å². The third-order valence-electron chi connectivity index (χ3n) is 4.00. The Morgan fingerprint density at radius 1 is 0.636 bits per heavy atom. The largest absolute Gasteiger partial charge is 0.416 e. The second kappa shape index (κ2) is 11.4. The monoisotopic (exact) mass is 478 g/mol. The minimum Gasteiger partial charge on any atom is -0.378 e. The van der Waals surface area contributed by atoms with Gasteiger partial charge in [0, 0.05) is 24.5 Å². The smallest absolute Gasteiger partial charge is 0.378 e. The van der Waals surface area contributed by atoms with Crippen molar-refractivity contribution in [3.63, 3.8) is 0 Å². The molecule has 180 valence electrons. The second-order valence-electron chi connectivity index (χ2n) is 6.52. The quantitative estimate of drug-likeness (QED) is 0.328. The van der Waals surface area contributed by atoms with Gasteiger partial charge in [-0.3, -0.25) is 0 Å². The van der Waals surface area contributed by atoms with Gasteiger partial charge >= 0.3 is 24.4 Å². The predicted octanol–water partition coefficient (Wildman–Crippen LogP) is 4.68. The van der Waals surface area contributed by atoms with E-state index in [2.05, 4.69) is 21.3 Å². The summed E-state index contributed by atoms with van der Waals surface area (Å²) >= 11 is 0. The lowest BCUT2D eigenvalue weighted by atomic mass is 10.2. The van der Waals surface area contributed by atoms with E-state index in [-0.39, 0.29) is 37.7 Å². The number of hydrogen-bond acceptors (Lipinski definition) is 3. The highest BCUT2D eigenvalue weighted by Crippen LogP contribution is 2.30. The molecule has 0 bridgehead atoms. The van der Waals surface area contributed by atoms with Crippen molar-refractivity contribution < 1.29 is 40.7 Å². The minimum atomic E-state index is -4.46. The maximum atomic E-state index is 12.5. The Hall–Kier alpha value is -3.48. The Balaban J connectivity index is 1.55. The van der Waals surface area contributed by atoms with Gasteiger partial charge in [-0.15, -0.1) is 0 Å². The van der Waals surface area contributed by atoms with Crippen molar-refractivity contribution in [2.45, 2.75) is 12.4 Å². The number of benzene rings is 2. The molecule has 0 heterocycles. The maximum Gasteiger partial charge on any atom is 0.416 e. The molecule has 4 N–H and O–H groups in total. The molecule has 0 spiro atoms. The van der Waals surface area contributed by atoms with Crippen LogP contribution in [0.25, 0.3) is 0 Å². The van der Waals surface area contributed by atoms with E-state index in [4.69, 9.17) is 4.74 Å². The highest BCUT2D eigenvalue weighted by Gasteiger charge is 2.30. The van der Waals surface area contributed by atoms with E-state index < -0.39 is 35.5 Å². The number of nitrogens with one attached hydrogen (secondary N) is 4. The van der Waals surface area contributed by atoms with Crippen LogP contribution in [0, 0.1) is 0 Å². The van der Waals surface area contributed by atoms with Gasteiger partial charge in [0.25, 0.3) is 0 Å². The van der Waals surface area contributed by atoms with Gasteiger partial charge in [-0.25, -0.2) is 9.59 Å². The molecule has 2 aromatic rings. The van der Waals surface area contributed by atoms with E-state index in [9.17, 15) is 35.9 Å². The van der Waals surface area contributed by atoms with E-state index in [1.807, 2.05) is 0 Å². The second-order valence-corrected chi connectivity index (χ2v) is 6.52. The van der Waals surface area contributed by atoms with Gasteiger partial charge in [-0.1, -0.05) is 0 Å². The minimum absolute atomic E-state index is 0.0998. The van der Waals surface area contributed by atoms with Crippen LogP contribution in [0.4, 0.5) is 47.3 Å². The van der Waals surface area contributed by atoms with Crippen LogP contribution >= 0.6 is 0 Å². The molecule has 0 unspecified atom stereocenters. The summed E-state index contributed by atoms with van der Waals surface area (Å²) in [5.74, 6) is 0. The standard InChI is InChI=1S/C20H20F6N4O3/c21-19(22,23)13-1-5-15(6-2-13)29-17(31)27-9-11-33-12-10-28-18(32)30-16-7-3-14(4-8-16)20(24,25)26/h1-8H,9-12H2,(H2,27,29,31)(H2,28,30,32). The molecular formula is C20H20F6N4O3. The molecule has 2 aromatic carbocycles. The molecule has 0 saturated carbocycles. The molecule has 2 rings (SSSR count). The van der Waals surface area contributed by atoms with Gasteiger partial charge in [0.15, 0.2) is 0 Å². The Labute approximate surface area is 184 Å². The van der Waals surface area contributed by atoms with Crippen LogP contribution in [-0.4, -0.2) is 38.4 Å². The van der Waals surface area contributed by atoms with Crippen LogP contribution in [0.15, 0.2) is 48.5 Å². The van der Waals surface area contributed by atoms with Crippen molar-refractivity contribution in [2.75, 3.05) is 36.9 Å². The van der Waals surface area contributed by atoms with E-state index in [1.165, 1.54) is 0 Å². The van der Waals surface area contributed by atoms with E-state index >= 15 is 0 Å². The molecule has 13 heteroatoms. The first-order valence-corrected chi connectivity index (χ1v) is 9.47. The van der Waals surface area contributed by atoms with E-state index in [0.29, 0.717) is 0 Å². The summed E-state index contributed by atoms with van der Waals surface area (Å²) in [6.07, 6.45) is -8.92. The molecule has 0 aliphatic carbocycles. The summed E-state index contributed by atoms with van der Waals surface area (Å²) in [5.41, 5.74) is -1.29. The highest BCUT2D eigenvalue weighted by atomic mass is 19.4. The predicted molar refractivity (Wildman–Crippen MR) is 108 cm³/mol. The van der Waals surface area contributed by atoms with Crippen LogP contribution in [0.2, 0.25) is 0 Å². The zero-order valence-electron chi connectivity index (χ0n) is 16.9. The Bertz CT molecular complexity index is 840. The number of carbonyl (C=O) groups is 2. The van der Waals surface area contributed by atoms with Crippen LogP contribution in [0.3, 0.4) is 0 Å². The zero-order chi connectivity index (χ0) is 24.5. The van der Waals surface area contributed by atoms with Gasteiger partial charge < -0.3 is 26.0 Å². The van der Waals surface area contributed by atoms with E-state index in [1.54, 1.807) is 0 Å². The van der Waals surface area contributed by atoms with Crippen molar-refractivity contribution in [3.05, 3.63) is 59.7 Å². The average molecular weight is 478 g/mol. The van der Waals surface area contributed by atoms with E-state index in [0.717, 1.165) is 48.5 Å². The number of rotatable bonds is 8. The maximum absolute atomic E-state index is 12.5. The number of hydrogen-bond donors (Lipinski definition) is 4. The summed E-state index contributed by atoms with van der Waals surface area (Å²) < 4.78 is 80.2. The van der Waals surface area contributed by atoms with Crippen LogP contribution in [0.5, 0.6) is 0 Å². The molecule has 0 aromatic heterocycles. The first-order chi connectivity index (χ1) is 15.4. The van der Waals surface area contributed by atoms with Crippen LogP contribution in [0.1, 0.15) is 11.1 Å². The van der Waals surface area contributed by atoms with Gasteiger partial charge in [0.2, 0.25) is 0 Å². The summed E-state index contributed by atoms with van der Waals surface area (Å²) in [5, 5.41) is 9.64. The fraction of sp³-hybridized carbons (Fsp3) is 0.300. The number of carbonyl (C=O) groups excluding carboxylic acids is 2. The lowest BCUT2D eigenvalue weighted by Crippen LogP contribution is -2.33. The lowest BCUT2D eigenvalue weighted by Gasteiger charge is -2.11. The third kappa shape index (κ3) is 9.27. The topological polar surface area (TPSA) is 91.5 Å². The molecule has 0 radical (unpaired) electrons. The molecular weight excluding hydrogens is 458 g/mol. The summed E-state index contributed by atoms with van der Waals surface area (Å²) in [4.78, 5) is 23.4. The molecule has 0 saturated heterocycles.